The molecular weight excluding hydrogens is 685 g/mol. The van der Waals surface area contributed by atoms with Crippen LogP contribution < -0.4 is 0 Å². The minimum absolute atomic E-state index is 0. The van der Waals surface area contributed by atoms with Crippen LogP contribution in [0, 0.1) is 0 Å². The number of hydrogen-bond donors (Lipinski definition) is 0. The molecule has 0 spiro atoms. The van der Waals surface area contributed by atoms with Gasteiger partial charge in [-0.3, -0.25) is 0 Å². The summed E-state index contributed by atoms with van der Waals surface area (Å²) < 4.78 is 0. The number of rotatable bonds is 0. The van der Waals surface area contributed by atoms with Crippen LogP contribution >= 0.6 is 0 Å². The Hall–Kier alpha value is 2.68. The largest absolute Gasteiger partial charge is 0.412 e. The molecule has 0 rings (SSSR count). The van der Waals surface area contributed by atoms with Crippen molar-refractivity contribution in [3.05, 3.63) is 0 Å². The van der Waals surface area contributed by atoms with Gasteiger partial charge in [-0.25, -0.2) is 0 Å². The Morgan fingerprint density at radius 1 is 0.444 bits per heavy atom. The average molecular weight is 695 g/mol. The molecule has 0 aliphatic rings. The fraction of sp³-hybridized carbons (Fsp3) is 0. The summed E-state index contributed by atoms with van der Waals surface area (Å²) in [5.41, 5.74) is 0. The van der Waals surface area contributed by atoms with Crippen molar-refractivity contribution < 1.29 is 115 Å². The third-order valence-electron chi connectivity index (χ3n) is 0. The van der Waals surface area contributed by atoms with Gasteiger partial charge in [0.1, 0.15) is 0 Å². The molecule has 0 saturated carbocycles. The Morgan fingerprint density at radius 3 is 0.444 bits per heavy atom. The molecule has 0 heterocycles. The quantitative estimate of drug-likeness (QED) is 0.226. The minimum Gasteiger partial charge on any atom is -0.412 e. The topological polar surface area (TPSA) is 158 Å². The van der Waals surface area contributed by atoms with Crippen LogP contribution in [0.1, 0.15) is 0 Å². The van der Waals surface area contributed by atoms with Gasteiger partial charge in [0.25, 0.3) is 0 Å². The first-order valence-corrected chi connectivity index (χ1v) is 0. The second-order valence-corrected chi connectivity index (χ2v) is 0. The zero-order valence-corrected chi connectivity index (χ0v) is 14.5. The second-order valence-electron chi connectivity index (χ2n) is 0. The summed E-state index contributed by atoms with van der Waals surface area (Å²) in [6, 6.07) is 0. The molecule has 10 N–H and O–H groups in total. The summed E-state index contributed by atoms with van der Waals surface area (Å²) in [5, 5.41) is 0. The zero-order valence-electron chi connectivity index (χ0n) is 4.21. The SMILES string of the molecule is O.O.O.O.O.[Pt].[Ta].[Ta].[Ti]. The molecule has 0 unspecified atom stereocenters. The third-order valence-corrected chi connectivity index (χ3v) is 0. The molecular formula is H10O5PtTa2Ti. The second kappa shape index (κ2) is 139. The first kappa shape index (κ1) is 185. The van der Waals surface area contributed by atoms with E-state index in [1.807, 2.05) is 0 Å². The molecule has 0 aromatic heterocycles. The Bertz CT molecular complexity index is 14.9. The van der Waals surface area contributed by atoms with Crippen LogP contribution in [0.15, 0.2) is 0 Å². The van der Waals surface area contributed by atoms with Gasteiger partial charge in [0, 0.05) is 87.5 Å². The first-order valence-electron chi connectivity index (χ1n) is 0. The summed E-state index contributed by atoms with van der Waals surface area (Å²) in [5.74, 6) is 0. The molecule has 0 saturated heterocycles. The van der Waals surface area contributed by atoms with Crippen molar-refractivity contribution in [2.24, 2.45) is 0 Å². The smallest absolute Gasteiger partial charge is 0 e. The maximum absolute atomic E-state index is 0. The van der Waals surface area contributed by atoms with E-state index in [4.69, 9.17) is 0 Å². The van der Waals surface area contributed by atoms with Crippen molar-refractivity contribution in [2.45, 2.75) is 0 Å². The molecule has 2 radical (unpaired) electrons. The van der Waals surface area contributed by atoms with Gasteiger partial charge in [-0.05, 0) is 0 Å². The van der Waals surface area contributed by atoms with Gasteiger partial charge in [-0.15, -0.1) is 0 Å². The fourth-order valence-corrected chi connectivity index (χ4v) is 0. The van der Waals surface area contributed by atoms with E-state index in [1.165, 1.54) is 0 Å². The molecule has 64 valence electrons. The van der Waals surface area contributed by atoms with Crippen molar-refractivity contribution in [2.75, 3.05) is 0 Å². The summed E-state index contributed by atoms with van der Waals surface area (Å²) in [7, 11) is 0. The first-order chi connectivity index (χ1) is 0. The van der Waals surface area contributed by atoms with Crippen molar-refractivity contribution in [3.8, 4) is 0 Å². The van der Waals surface area contributed by atoms with Crippen molar-refractivity contribution in [1.29, 1.82) is 0 Å². The molecule has 9 heavy (non-hydrogen) atoms. The monoisotopic (exact) mass is 695 g/mol. The van der Waals surface area contributed by atoms with E-state index in [2.05, 4.69) is 0 Å². The van der Waals surface area contributed by atoms with Crippen LogP contribution in [0.2, 0.25) is 0 Å². The summed E-state index contributed by atoms with van der Waals surface area (Å²) in [6.45, 7) is 0. The van der Waals surface area contributed by atoms with Crippen molar-refractivity contribution in [3.63, 3.8) is 0 Å². The van der Waals surface area contributed by atoms with E-state index in [0.717, 1.165) is 0 Å². The van der Waals surface area contributed by atoms with Crippen molar-refractivity contribution >= 4 is 0 Å². The van der Waals surface area contributed by atoms with Crippen LogP contribution in [-0.2, 0) is 87.5 Å². The predicted octanol–water partition coefficient (Wildman–Crippen LogP) is -4.13. The summed E-state index contributed by atoms with van der Waals surface area (Å²) in [4.78, 5) is 0. The molecule has 0 aromatic rings. The zero-order chi connectivity index (χ0) is 0. The van der Waals surface area contributed by atoms with Gasteiger partial charge >= 0.3 is 0 Å². The van der Waals surface area contributed by atoms with Crippen molar-refractivity contribution in [1.82, 2.24) is 0 Å². The standard InChI is InChI=1S/5H2O.Pt.2Ta.Ti/h5*1H2;;;;. The third kappa shape index (κ3) is 112. The van der Waals surface area contributed by atoms with E-state index in [-0.39, 0.29) is 115 Å². The summed E-state index contributed by atoms with van der Waals surface area (Å²) in [6.07, 6.45) is 0. The van der Waals surface area contributed by atoms with Crippen LogP contribution in [0.3, 0.4) is 0 Å². The Labute approximate surface area is 113 Å². The van der Waals surface area contributed by atoms with E-state index >= 15 is 0 Å². The van der Waals surface area contributed by atoms with Gasteiger partial charge in [0.2, 0.25) is 0 Å². The Kier molecular flexibility index (Phi) is 2860. The van der Waals surface area contributed by atoms with E-state index in [9.17, 15) is 0 Å². The molecule has 0 amide bonds. The van der Waals surface area contributed by atoms with Gasteiger partial charge < -0.3 is 27.4 Å². The molecule has 0 aliphatic heterocycles. The van der Waals surface area contributed by atoms with Gasteiger partial charge in [-0.1, -0.05) is 0 Å². The van der Waals surface area contributed by atoms with E-state index in [0.29, 0.717) is 0 Å². The maximum Gasteiger partial charge on any atom is 0 e. The molecule has 5 nitrogen and oxygen atoms in total. The maximum atomic E-state index is 0. The van der Waals surface area contributed by atoms with Crippen LogP contribution in [0.25, 0.3) is 0 Å². The normalized spacial score (nSPS) is 0. The van der Waals surface area contributed by atoms with E-state index in [1.54, 1.807) is 0 Å². The fourth-order valence-electron chi connectivity index (χ4n) is 0. The summed E-state index contributed by atoms with van der Waals surface area (Å²) >= 11 is 0. The Morgan fingerprint density at radius 2 is 0.444 bits per heavy atom. The molecule has 0 fully saturated rings. The predicted molar refractivity (Wildman–Crippen MR) is 18.1 cm³/mol. The van der Waals surface area contributed by atoms with Gasteiger partial charge in [0.05, 0.1) is 0 Å². The van der Waals surface area contributed by atoms with Crippen LogP contribution in [-0.4, -0.2) is 27.4 Å². The Balaban J connectivity index is 0. The molecule has 0 bridgehead atoms. The molecule has 0 aliphatic carbocycles. The van der Waals surface area contributed by atoms with Crippen LogP contribution in [0.5, 0.6) is 0 Å². The van der Waals surface area contributed by atoms with E-state index < -0.39 is 0 Å². The number of hydrogen-bond acceptors (Lipinski definition) is 0. The molecule has 0 atom stereocenters. The average Bonchev–Trinajstić information content (AvgIpc) is 0. The molecule has 9 heteroatoms. The minimum atomic E-state index is 0. The van der Waals surface area contributed by atoms with Gasteiger partial charge in [-0.2, -0.15) is 0 Å². The van der Waals surface area contributed by atoms with Gasteiger partial charge in [0.15, 0.2) is 0 Å². The molecule has 0 aromatic carbocycles. The van der Waals surface area contributed by atoms with Crippen LogP contribution in [0.4, 0.5) is 0 Å².